The number of rotatable bonds is 18. The van der Waals surface area contributed by atoms with Crippen molar-refractivity contribution in [1.82, 2.24) is 5.32 Å². The molecule has 3 unspecified atom stereocenters. The van der Waals surface area contributed by atoms with Crippen LogP contribution in [-0.2, 0) is 33.4 Å². The van der Waals surface area contributed by atoms with Gasteiger partial charge in [0.05, 0.1) is 25.4 Å². The standard InChI is InChI=1S/C29H49NO8/c1-5-36-25(31)18-14-9-8-13-17-24(28(34)38-7-3)30-26(32)23(27(33)37-6-2)19-20-29(4,35)21-22-15-11-10-12-16-22/h8,13,22-24,35H,5-7,9-12,14-21H2,1-4H3,(H,30,32). The summed E-state index contributed by atoms with van der Waals surface area (Å²) in [6.07, 6.45) is 12.1. The van der Waals surface area contributed by atoms with Crippen molar-refractivity contribution in [2.75, 3.05) is 19.8 Å². The lowest BCUT2D eigenvalue weighted by molar-refractivity contribution is -0.155. The number of carbonyl (C=O) groups excluding carboxylic acids is 4. The lowest BCUT2D eigenvalue weighted by Crippen LogP contribution is -2.46. The minimum Gasteiger partial charge on any atom is -0.466 e. The molecule has 9 nitrogen and oxygen atoms in total. The lowest BCUT2D eigenvalue weighted by atomic mass is 9.79. The molecule has 1 saturated carbocycles. The van der Waals surface area contributed by atoms with Crippen LogP contribution in [0.5, 0.6) is 0 Å². The van der Waals surface area contributed by atoms with Crippen LogP contribution in [0, 0.1) is 11.8 Å². The molecule has 0 saturated heterocycles. The second kappa shape index (κ2) is 18.8. The molecule has 3 atom stereocenters. The molecule has 0 heterocycles. The first-order valence-corrected chi connectivity index (χ1v) is 14.3. The summed E-state index contributed by atoms with van der Waals surface area (Å²) < 4.78 is 15.2. The Hall–Kier alpha value is -2.42. The van der Waals surface area contributed by atoms with E-state index in [1.807, 2.05) is 6.08 Å². The van der Waals surface area contributed by atoms with Gasteiger partial charge in [-0.3, -0.25) is 14.4 Å². The molecule has 0 aromatic heterocycles. The smallest absolute Gasteiger partial charge is 0.328 e. The summed E-state index contributed by atoms with van der Waals surface area (Å²) in [4.78, 5) is 49.8. The fraction of sp³-hybridized carbons (Fsp3) is 0.793. The van der Waals surface area contributed by atoms with Gasteiger partial charge >= 0.3 is 17.9 Å². The molecular weight excluding hydrogens is 490 g/mol. The molecule has 1 aliphatic rings. The lowest BCUT2D eigenvalue weighted by Gasteiger charge is -2.31. The van der Waals surface area contributed by atoms with E-state index in [2.05, 4.69) is 5.32 Å². The van der Waals surface area contributed by atoms with Crippen LogP contribution in [0.25, 0.3) is 0 Å². The highest BCUT2D eigenvalue weighted by Gasteiger charge is 2.35. The van der Waals surface area contributed by atoms with Gasteiger partial charge in [0.25, 0.3) is 0 Å². The van der Waals surface area contributed by atoms with Gasteiger partial charge in [0.1, 0.15) is 12.0 Å². The van der Waals surface area contributed by atoms with Crippen molar-refractivity contribution < 1.29 is 38.5 Å². The zero-order chi connectivity index (χ0) is 28.4. The molecule has 0 spiro atoms. The van der Waals surface area contributed by atoms with Gasteiger partial charge in [0, 0.05) is 6.42 Å². The van der Waals surface area contributed by atoms with E-state index in [1.165, 1.54) is 19.3 Å². The molecule has 1 fully saturated rings. The van der Waals surface area contributed by atoms with Gasteiger partial charge in [-0.15, -0.1) is 0 Å². The van der Waals surface area contributed by atoms with E-state index in [9.17, 15) is 24.3 Å². The highest BCUT2D eigenvalue weighted by atomic mass is 16.5. The highest BCUT2D eigenvalue weighted by Crippen LogP contribution is 2.33. The molecule has 1 amide bonds. The van der Waals surface area contributed by atoms with Crippen LogP contribution < -0.4 is 5.32 Å². The van der Waals surface area contributed by atoms with Gasteiger partial charge in [0.15, 0.2) is 0 Å². The Morgan fingerprint density at radius 2 is 1.58 bits per heavy atom. The summed E-state index contributed by atoms with van der Waals surface area (Å²) in [5.74, 6) is -2.82. The maximum Gasteiger partial charge on any atom is 0.328 e. The number of nitrogens with one attached hydrogen (secondary N) is 1. The second-order valence-electron chi connectivity index (χ2n) is 10.3. The van der Waals surface area contributed by atoms with Crippen molar-refractivity contribution in [3.63, 3.8) is 0 Å². The van der Waals surface area contributed by atoms with Gasteiger partial charge in [-0.25, -0.2) is 4.79 Å². The van der Waals surface area contributed by atoms with Crippen molar-refractivity contribution in [1.29, 1.82) is 0 Å². The number of allylic oxidation sites excluding steroid dienone is 1. The minimum absolute atomic E-state index is 0.115. The topological polar surface area (TPSA) is 128 Å². The number of esters is 3. The molecule has 2 N–H and O–H groups in total. The predicted molar refractivity (Wildman–Crippen MR) is 144 cm³/mol. The van der Waals surface area contributed by atoms with Crippen molar-refractivity contribution >= 4 is 23.8 Å². The Kier molecular flexibility index (Phi) is 16.6. The van der Waals surface area contributed by atoms with E-state index in [0.717, 1.165) is 12.8 Å². The molecule has 9 heteroatoms. The highest BCUT2D eigenvalue weighted by molar-refractivity contribution is 5.99. The predicted octanol–water partition coefficient (Wildman–Crippen LogP) is 4.39. The van der Waals surface area contributed by atoms with Crippen molar-refractivity contribution in [3.05, 3.63) is 12.2 Å². The molecule has 0 aromatic carbocycles. The quantitative estimate of drug-likeness (QED) is 0.0863. The molecule has 0 aliphatic heterocycles. The van der Waals surface area contributed by atoms with Crippen LogP contribution in [0.15, 0.2) is 12.2 Å². The van der Waals surface area contributed by atoms with Gasteiger partial charge in [-0.05, 0) is 72.1 Å². The number of unbranched alkanes of at least 4 members (excludes halogenated alkanes) is 1. The maximum atomic E-state index is 13.2. The third-order valence-electron chi connectivity index (χ3n) is 6.80. The Morgan fingerprint density at radius 3 is 2.21 bits per heavy atom. The van der Waals surface area contributed by atoms with Crippen molar-refractivity contribution in [2.24, 2.45) is 11.8 Å². The minimum atomic E-state index is -1.14. The zero-order valence-corrected chi connectivity index (χ0v) is 23.8. The molecule has 1 rings (SSSR count). The molecular formula is C29H49NO8. The normalized spacial score (nSPS) is 17.3. The van der Waals surface area contributed by atoms with Crippen molar-refractivity contribution in [3.8, 4) is 0 Å². The maximum absolute atomic E-state index is 13.2. The van der Waals surface area contributed by atoms with E-state index in [0.29, 0.717) is 38.2 Å². The molecule has 218 valence electrons. The van der Waals surface area contributed by atoms with E-state index in [-0.39, 0.29) is 38.4 Å². The number of amides is 1. The Balaban J connectivity index is 2.78. The van der Waals surface area contributed by atoms with Crippen LogP contribution >= 0.6 is 0 Å². The monoisotopic (exact) mass is 539 g/mol. The third-order valence-corrected chi connectivity index (χ3v) is 6.80. The van der Waals surface area contributed by atoms with Crippen LogP contribution in [-0.4, -0.2) is 60.4 Å². The fourth-order valence-electron chi connectivity index (χ4n) is 4.85. The van der Waals surface area contributed by atoms with Crippen LogP contribution in [0.2, 0.25) is 0 Å². The van der Waals surface area contributed by atoms with Crippen LogP contribution in [0.4, 0.5) is 0 Å². The summed E-state index contributed by atoms with van der Waals surface area (Å²) in [7, 11) is 0. The zero-order valence-electron chi connectivity index (χ0n) is 23.8. The summed E-state index contributed by atoms with van der Waals surface area (Å²) >= 11 is 0. The van der Waals surface area contributed by atoms with E-state index in [4.69, 9.17) is 14.2 Å². The number of ether oxygens (including phenoxy) is 3. The first-order valence-electron chi connectivity index (χ1n) is 14.3. The fourth-order valence-corrected chi connectivity index (χ4v) is 4.85. The van der Waals surface area contributed by atoms with Gasteiger partial charge in [0.2, 0.25) is 5.91 Å². The van der Waals surface area contributed by atoms with Gasteiger partial charge in [-0.1, -0.05) is 44.3 Å². The average Bonchev–Trinajstić information content (AvgIpc) is 2.86. The SMILES string of the molecule is CCOC(=O)CCCC=CCC(NC(=O)C(CCC(C)(O)CC1CCCCC1)C(=O)OCC)C(=O)OCC. The Morgan fingerprint density at radius 1 is 0.947 bits per heavy atom. The molecule has 0 bridgehead atoms. The van der Waals surface area contributed by atoms with E-state index >= 15 is 0 Å². The average molecular weight is 540 g/mol. The molecule has 38 heavy (non-hydrogen) atoms. The second-order valence-corrected chi connectivity index (χ2v) is 10.3. The Labute approximate surface area is 228 Å². The van der Waals surface area contributed by atoms with Crippen LogP contribution in [0.3, 0.4) is 0 Å². The number of hydrogen-bond donors (Lipinski definition) is 2. The summed E-state index contributed by atoms with van der Waals surface area (Å²) in [5.41, 5.74) is -1.00. The van der Waals surface area contributed by atoms with E-state index in [1.54, 1.807) is 33.8 Å². The number of hydrogen-bond acceptors (Lipinski definition) is 8. The molecule has 0 radical (unpaired) electrons. The van der Waals surface area contributed by atoms with Crippen LogP contribution in [0.1, 0.15) is 105 Å². The summed E-state index contributed by atoms with van der Waals surface area (Å²) in [6, 6.07) is -0.969. The Bertz CT molecular complexity index is 758. The summed E-state index contributed by atoms with van der Waals surface area (Å²) in [5, 5.41) is 13.7. The first-order chi connectivity index (χ1) is 18.1. The summed E-state index contributed by atoms with van der Waals surface area (Å²) in [6.45, 7) is 7.49. The molecule has 0 aromatic rings. The first kappa shape index (κ1) is 33.6. The number of carbonyl (C=O) groups is 4. The van der Waals surface area contributed by atoms with Gasteiger partial charge < -0.3 is 24.6 Å². The van der Waals surface area contributed by atoms with E-state index < -0.39 is 35.4 Å². The molecule has 1 aliphatic carbocycles. The largest absolute Gasteiger partial charge is 0.466 e. The van der Waals surface area contributed by atoms with Crippen molar-refractivity contribution in [2.45, 2.75) is 116 Å². The number of aliphatic hydroxyl groups is 1. The third kappa shape index (κ3) is 13.9. The van der Waals surface area contributed by atoms with Gasteiger partial charge in [-0.2, -0.15) is 0 Å².